The number of hydrogen-bond donors (Lipinski definition) is 4. The maximum Gasteiger partial charge on any atom is 0.296 e. The minimum absolute atomic E-state index is 0.103. The number of phenols is 1. The van der Waals surface area contributed by atoms with Gasteiger partial charge in [-0.05, 0) is 41.8 Å². The molecule has 3 aromatic carbocycles. The summed E-state index contributed by atoms with van der Waals surface area (Å²) >= 11 is 5.34. The molecule has 0 aromatic heterocycles. The lowest BCUT2D eigenvalue weighted by molar-refractivity contribution is -0.114. The lowest BCUT2D eigenvalue weighted by Crippen LogP contribution is -2.08. The number of carbonyl (C=O) groups is 1. The van der Waals surface area contributed by atoms with Gasteiger partial charge in [-0.25, -0.2) is 8.42 Å². The van der Waals surface area contributed by atoms with E-state index in [2.05, 4.69) is 15.5 Å². The van der Waals surface area contributed by atoms with Gasteiger partial charge in [0.15, 0.2) is 5.75 Å². The Hall–Kier alpha value is -3.41. The summed E-state index contributed by atoms with van der Waals surface area (Å²) in [5, 5.41) is 20.7. The van der Waals surface area contributed by atoms with E-state index in [-0.39, 0.29) is 27.0 Å². The summed E-state index contributed by atoms with van der Waals surface area (Å²) in [6.07, 6.45) is 0. The summed E-state index contributed by atoms with van der Waals surface area (Å²) < 4.78 is 91.0. The average Bonchev–Trinajstić information content (AvgIpc) is 2.76. The van der Waals surface area contributed by atoms with Crippen molar-refractivity contribution in [1.29, 1.82) is 0 Å². The summed E-state index contributed by atoms with van der Waals surface area (Å²) in [6.45, 7) is 1.07. The Morgan fingerprint density at radius 3 is 2.19 bits per heavy atom. The largest absolute Gasteiger partial charge is 0.505 e. The Kier molecular flexibility index (Phi) is 7.73. The zero-order valence-corrected chi connectivity index (χ0v) is 21.6. The van der Waals surface area contributed by atoms with Crippen LogP contribution in [-0.4, -0.2) is 45.4 Å². The highest BCUT2D eigenvalue weighted by atomic mass is 35.5. The van der Waals surface area contributed by atoms with E-state index < -0.39 is 57.2 Å². The van der Waals surface area contributed by atoms with Gasteiger partial charge < -0.3 is 10.4 Å². The molecule has 0 heterocycles. The second-order valence-electron chi connectivity index (χ2n) is 7.28. The van der Waals surface area contributed by atoms with Crippen LogP contribution in [0.4, 0.5) is 17.1 Å². The molecule has 196 valence electrons. The number of nitrogens with one attached hydrogen (secondary N) is 1. The van der Waals surface area contributed by atoms with Gasteiger partial charge in [0.05, 0.1) is 21.2 Å². The molecule has 1 amide bonds. The molecule has 0 spiro atoms. The van der Waals surface area contributed by atoms with Gasteiger partial charge in [0.2, 0.25) is 15.7 Å². The van der Waals surface area contributed by atoms with E-state index in [1.165, 1.54) is 18.2 Å². The van der Waals surface area contributed by atoms with Crippen LogP contribution in [0.2, 0.25) is 0 Å². The molecule has 0 aliphatic rings. The number of anilines is 1. The third kappa shape index (κ3) is 6.30. The Morgan fingerprint density at radius 2 is 1.62 bits per heavy atom. The van der Waals surface area contributed by atoms with Crippen LogP contribution in [-0.2, 0) is 34.9 Å². The molecule has 0 unspecified atom stereocenters. The van der Waals surface area contributed by atoms with Crippen molar-refractivity contribution in [3.05, 3.63) is 53.4 Å². The summed E-state index contributed by atoms with van der Waals surface area (Å²) in [7, 11) is -13.9. The molecule has 0 radical (unpaired) electrons. The van der Waals surface area contributed by atoms with Crippen molar-refractivity contribution in [3.8, 4) is 5.75 Å². The number of aromatic hydroxyl groups is 1. The standard InChI is InChI=1S/C20H16ClN3O10S3/c1-11(25)22-16-10-15(36(29,30)31)7-12-8-17(37(32,33)34)19(20(26)18(12)16)24-23-13-3-2-4-14(9-13)35(27,28)6-5-21/h2-10,26H,1H3,(H,22,25)(H,29,30,31)(H,32,33,34)/b6-5+,24-23?. The van der Waals surface area contributed by atoms with Crippen molar-refractivity contribution in [2.75, 3.05) is 5.32 Å². The van der Waals surface area contributed by atoms with Crippen LogP contribution in [0, 0.1) is 0 Å². The maximum atomic E-state index is 12.2. The monoisotopic (exact) mass is 589 g/mol. The predicted molar refractivity (Wildman–Crippen MR) is 132 cm³/mol. The van der Waals surface area contributed by atoms with Crippen LogP contribution in [0.15, 0.2) is 78.3 Å². The van der Waals surface area contributed by atoms with Gasteiger partial charge in [-0.2, -0.15) is 21.9 Å². The number of azo groups is 1. The topological polar surface area (TPSA) is 217 Å². The first kappa shape index (κ1) is 28.2. The lowest BCUT2D eigenvalue weighted by atomic mass is 10.1. The first-order valence-corrected chi connectivity index (χ1v) is 14.5. The second kappa shape index (κ2) is 10.2. The highest BCUT2D eigenvalue weighted by Crippen LogP contribution is 2.45. The Bertz CT molecular complexity index is 1820. The normalized spacial score (nSPS) is 13.0. The van der Waals surface area contributed by atoms with Crippen LogP contribution in [0.5, 0.6) is 5.75 Å². The molecule has 17 heteroatoms. The van der Waals surface area contributed by atoms with E-state index in [4.69, 9.17) is 11.6 Å². The minimum atomic E-state index is -5.11. The smallest absolute Gasteiger partial charge is 0.296 e. The van der Waals surface area contributed by atoms with Gasteiger partial charge in [-0.1, -0.05) is 17.7 Å². The van der Waals surface area contributed by atoms with Crippen LogP contribution in [0.1, 0.15) is 6.92 Å². The number of sulfone groups is 1. The maximum absolute atomic E-state index is 12.2. The van der Waals surface area contributed by atoms with Crippen molar-refractivity contribution in [2.24, 2.45) is 10.2 Å². The first-order valence-electron chi connectivity index (χ1n) is 9.64. The van der Waals surface area contributed by atoms with E-state index in [0.29, 0.717) is 0 Å². The van der Waals surface area contributed by atoms with E-state index in [9.17, 15) is 44.3 Å². The number of phenolic OH excluding ortho intramolecular Hbond substituents is 1. The van der Waals surface area contributed by atoms with Crippen molar-refractivity contribution < 1.29 is 44.3 Å². The van der Waals surface area contributed by atoms with Gasteiger partial charge in [0.25, 0.3) is 20.2 Å². The van der Waals surface area contributed by atoms with E-state index in [1.54, 1.807) is 0 Å². The zero-order chi connectivity index (χ0) is 27.8. The zero-order valence-electron chi connectivity index (χ0n) is 18.4. The number of carbonyl (C=O) groups excluding carboxylic acids is 1. The highest BCUT2D eigenvalue weighted by molar-refractivity contribution is 7.94. The van der Waals surface area contributed by atoms with Gasteiger partial charge in [0.1, 0.15) is 10.6 Å². The first-order chi connectivity index (χ1) is 17.0. The van der Waals surface area contributed by atoms with Crippen LogP contribution in [0.25, 0.3) is 10.8 Å². The molecule has 3 rings (SSSR count). The van der Waals surface area contributed by atoms with Crippen molar-refractivity contribution in [2.45, 2.75) is 21.6 Å². The van der Waals surface area contributed by atoms with Crippen LogP contribution in [0.3, 0.4) is 0 Å². The third-order valence-corrected chi connectivity index (χ3v) is 8.03. The molecule has 0 aliphatic carbocycles. The predicted octanol–water partition coefficient (Wildman–Crippen LogP) is 3.90. The number of benzene rings is 3. The molecule has 0 atom stereocenters. The van der Waals surface area contributed by atoms with Gasteiger partial charge in [0, 0.05) is 23.3 Å². The molecule has 0 aliphatic heterocycles. The van der Waals surface area contributed by atoms with Crippen LogP contribution < -0.4 is 5.32 Å². The quantitative estimate of drug-likeness (QED) is 0.230. The van der Waals surface area contributed by atoms with Gasteiger partial charge in [-0.15, -0.1) is 5.11 Å². The molecule has 3 aromatic rings. The number of hydrogen-bond acceptors (Lipinski definition) is 10. The third-order valence-electron chi connectivity index (χ3n) is 4.65. The van der Waals surface area contributed by atoms with Crippen molar-refractivity contribution >= 4 is 75.4 Å². The fraction of sp³-hybridized carbons (Fsp3) is 0.0500. The van der Waals surface area contributed by atoms with Crippen molar-refractivity contribution in [3.63, 3.8) is 0 Å². The summed E-state index contributed by atoms with van der Waals surface area (Å²) in [6, 6.07) is 7.26. The van der Waals surface area contributed by atoms with Gasteiger partial charge in [-0.3, -0.25) is 13.9 Å². The van der Waals surface area contributed by atoms with Gasteiger partial charge >= 0.3 is 0 Å². The Labute approximate surface area is 215 Å². The Morgan fingerprint density at radius 1 is 0.946 bits per heavy atom. The second-order valence-corrected chi connectivity index (χ2v) is 12.2. The number of amides is 1. The molecular formula is C20H16ClN3O10S3. The summed E-state index contributed by atoms with van der Waals surface area (Å²) in [5.74, 6) is -1.65. The molecule has 0 bridgehead atoms. The Balaban J connectivity index is 2.34. The SMILES string of the molecule is CC(=O)Nc1cc(S(=O)(=O)O)cc2cc(S(=O)(=O)O)c(N=Nc3cccc(S(=O)(=O)/C=C/Cl)c3)c(O)c12. The fourth-order valence-electron chi connectivity index (χ4n) is 3.17. The lowest BCUT2D eigenvalue weighted by Gasteiger charge is -2.14. The molecule has 4 N–H and O–H groups in total. The van der Waals surface area contributed by atoms with Crippen LogP contribution >= 0.6 is 11.6 Å². The number of nitrogens with zero attached hydrogens (tertiary/aromatic N) is 2. The molecule has 37 heavy (non-hydrogen) atoms. The fourth-order valence-corrected chi connectivity index (χ4v) is 5.62. The molecule has 0 saturated carbocycles. The number of halogens is 1. The number of rotatable bonds is 7. The molecule has 0 saturated heterocycles. The molecular weight excluding hydrogens is 574 g/mol. The number of fused-ring (bicyclic) bond motifs is 1. The summed E-state index contributed by atoms with van der Waals surface area (Å²) in [5.41, 5.74) is -0.465. The van der Waals surface area contributed by atoms with E-state index >= 15 is 0 Å². The van der Waals surface area contributed by atoms with E-state index in [1.807, 2.05) is 0 Å². The molecule has 0 fully saturated rings. The van der Waals surface area contributed by atoms with Crippen molar-refractivity contribution in [1.82, 2.24) is 0 Å². The average molecular weight is 590 g/mol. The summed E-state index contributed by atoms with van der Waals surface area (Å²) in [4.78, 5) is 9.68. The van der Waals surface area contributed by atoms with E-state index in [0.717, 1.165) is 42.1 Å². The molecule has 13 nitrogen and oxygen atoms in total. The minimum Gasteiger partial charge on any atom is -0.505 e. The highest BCUT2D eigenvalue weighted by Gasteiger charge is 2.25.